The number of anilines is 2. The number of benzene rings is 1. The topological polar surface area (TPSA) is 158 Å². The summed E-state index contributed by atoms with van der Waals surface area (Å²) in [6.07, 6.45) is 6.29. The maximum absolute atomic E-state index is 13.4. The molecule has 4 rings (SSSR count). The van der Waals surface area contributed by atoms with Crippen LogP contribution in [0.3, 0.4) is 0 Å². The summed E-state index contributed by atoms with van der Waals surface area (Å²) in [7, 11) is -0.255. The van der Waals surface area contributed by atoms with E-state index in [4.69, 9.17) is 14.8 Å². The molecule has 1 aromatic carbocycles. The number of imidazole rings is 1. The van der Waals surface area contributed by atoms with Crippen molar-refractivity contribution in [2.24, 2.45) is 5.92 Å². The molecule has 0 aliphatic heterocycles. The summed E-state index contributed by atoms with van der Waals surface area (Å²) in [5, 5.41) is 11.7. The average Bonchev–Trinajstić information content (AvgIpc) is 3.44. The van der Waals surface area contributed by atoms with Crippen LogP contribution in [0.15, 0.2) is 48.8 Å². The molecule has 1 aliphatic rings. The van der Waals surface area contributed by atoms with Crippen LogP contribution in [0.2, 0.25) is 0 Å². The lowest BCUT2D eigenvalue weighted by Crippen LogP contribution is -2.33. The van der Waals surface area contributed by atoms with Crippen molar-refractivity contribution in [1.29, 1.82) is 0 Å². The minimum atomic E-state index is -3.97. The first kappa shape index (κ1) is 24.6. The standard InChI is InChI=1S/C22H28N7O5P/c1-14(21(30)31)27-35(32,34-17-7-5-4-6-8-17)33-12-15-9-10-16(11-15)29-13-24-18-19(28(2)3)25-22(23)26-20(18)29/h4-10,13-16H,11-12H2,1-3H3,(H,27,32)(H,30,31)(H2,23,25,26)/t14-,15+,16-,35?/m0/s1. The van der Waals surface area contributed by atoms with E-state index in [-0.39, 0.29) is 24.5 Å². The molecule has 2 aromatic heterocycles. The third-order valence-corrected chi connectivity index (χ3v) is 7.14. The van der Waals surface area contributed by atoms with Gasteiger partial charge in [0.25, 0.3) is 0 Å². The molecular formula is C22H28N7O5P. The Hall–Kier alpha value is -3.47. The van der Waals surface area contributed by atoms with Crippen LogP contribution in [0.5, 0.6) is 5.75 Å². The van der Waals surface area contributed by atoms with Crippen molar-refractivity contribution in [2.75, 3.05) is 31.3 Å². The molecule has 0 spiro atoms. The lowest BCUT2D eigenvalue weighted by Gasteiger charge is -2.23. The number of nitrogens with zero attached hydrogens (tertiary/aromatic N) is 5. The molecule has 35 heavy (non-hydrogen) atoms. The van der Waals surface area contributed by atoms with Crippen LogP contribution in [0.1, 0.15) is 19.4 Å². The number of nitrogen functional groups attached to an aromatic ring is 1. The van der Waals surface area contributed by atoms with Crippen molar-refractivity contribution in [2.45, 2.75) is 25.4 Å². The van der Waals surface area contributed by atoms with Gasteiger partial charge in [-0.3, -0.25) is 9.32 Å². The van der Waals surface area contributed by atoms with E-state index in [0.29, 0.717) is 29.2 Å². The number of hydrogen-bond donors (Lipinski definition) is 3. The molecule has 0 fully saturated rings. The maximum atomic E-state index is 13.4. The number of carboxylic acid groups (broad SMARTS) is 1. The fourth-order valence-electron chi connectivity index (χ4n) is 3.75. The van der Waals surface area contributed by atoms with Crippen molar-refractivity contribution in [1.82, 2.24) is 24.6 Å². The third kappa shape index (κ3) is 5.61. The monoisotopic (exact) mass is 501 g/mol. The van der Waals surface area contributed by atoms with Gasteiger partial charge in [-0.15, -0.1) is 0 Å². The quantitative estimate of drug-likeness (QED) is 0.277. The second kappa shape index (κ2) is 10.0. The van der Waals surface area contributed by atoms with Gasteiger partial charge in [0.15, 0.2) is 17.0 Å². The highest BCUT2D eigenvalue weighted by Gasteiger charge is 2.33. The largest absolute Gasteiger partial charge is 0.480 e. The van der Waals surface area contributed by atoms with Crippen molar-refractivity contribution in [3.63, 3.8) is 0 Å². The van der Waals surface area contributed by atoms with Crippen LogP contribution in [-0.2, 0) is 13.9 Å². The molecule has 186 valence electrons. The van der Waals surface area contributed by atoms with Gasteiger partial charge in [-0.25, -0.2) is 9.55 Å². The van der Waals surface area contributed by atoms with Gasteiger partial charge in [0.1, 0.15) is 11.8 Å². The number of hydrogen-bond acceptors (Lipinski definition) is 9. The first-order chi connectivity index (χ1) is 16.6. The molecule has 0 radical (unpaired) electrons. The number of carbonyl (C=O) groups is 1. The third-order valence-electron chi connectivity index (χ3n) is 5.50. The van der Waals surface area contributed by atoms with Crippen molar-refractivity contribution in [3.05, 3.63) is 48.8 Å². The van der Waals surface area contributed by atoms with E-state index >= 15 is 0 Å². The molecular weight excluding hydrogens is 473 g/mol. The molecule has 3 aromatic rings. The summed E-state index contributed by atoms with van der Waals surface area (Å²) < 4.78 is 26.6. The number of para-hydroxylation sites is 1. The van der Waals surface area contributed by atoms with E-state index in [2.05, 4.69) is 20.0 Å². The van der Waals surface area contributed by atoms with Gasteiger partial charge in [0.05, 0.1) is 19.0 Å². The first-order valence-electron chi connectivity index (χ1n) is 11.0. The summed E-state index contributed by atoms with van der Waals surface area (Å²) in [5.74, 6) is -0.177. The number of fused-ring (bicyclic) bond motifs is 1. The van der Waals surface area contributed by atoms with Gasteiger partial charge in [-0.2, -0.15) is 15.1 Å². The summed E-state index contributed by atoms with van der Waals surface area (Å²) in [4.78, 5) is 26.3. The highest BCUT2D eigenvalue weighted by Crippen LogP contribution is 2.46. The normalized spacial score (nSPS) is 20.0. The van der Waals surface area contributed by atoms with Gasteiger partial charge in [0, 0.05) is 20.0 Å². The van der Waals surface area contributed by atoms with Crippen molar-refractivity contribution >= 4 is 36.6 Å². The molecule has 4 N–H and O–H groups in total. The summed E-state index contributed by atoms with van der Waals surface area (Å²) in [6.45, 7) is 1.43. The molecule has 0 bridgehead atoms. The Balaban J connectivity index is 1.47. The van der Waals surface area contributed by atoms with E-state index in [9.17, 15) is 14.5 Å². The minimum absolute atomic E-state index is 0.0587. The Morgan fingerprint density at radius 2 is 2.06 bits per heavy atom. The van der Waals surface area contributed by atoms with Gasteiger partial charge in [-0.1, -0.05) is 30.4 Å². The second-order valence-corrected chi connectivity index (χ2v) is 10.2. The molecule has 1 aliphatic carbocycles. The Labute approximate surface area is 202 Å². The van der Waals surface area contributed by atoms with Gasteiger partial charge < -0.3 is 24.8 Å². The van der Waals surface area contributed by atoms with Crippen LogP contribution in [0.25, 0.3) is 11.2 Å². The van der Waals surface area contributed by atoms with Crippen LogP contribution >= 0.6 is 7.75 Å². The zero-order valence-corrected chi connectivity index (χ0v) is 20.5. The molecule has 13 heteroatoms. The lowest BCUT2D eigenvalue weighted by atomic mass is 10.1. The van der Waals surface area contributed by atoms with Crippen molar-refractivity contribution in [3.8, 4) is 5.75 Å². The Morgan fingerprint density at radius 3 is 2.74 bits per heavy atom. The summed E-state index contributed by atoms with van der Waals surface area (Å²) in [6, 6.07) is 7.26. The maximum Gasteiger partial charge on any atom is 0.459 e. The first-order valence-corrected chi connectivity index (χ1v) is 12.5. The highest BCUT2D eigenvalue weighted by molar-refractivity contribution is 7.52. The van der Waals surface area contributed by atoms with E-state index in [1.54, 1.807) is 36.7 Å². The molecule has 0 amide bonds. The SMILES string of the molecule is C[C@H](NP(=O)(OC[C@@H]1C=C[C@H](n2cnc3c(N(C)C)nc(N)nc32)C1)Oc1ccccc1)C(=O)O. The van der Waals surface area contributed by atoms with Gasteiger partial charge >= 0.3 is 13.7 Å². The van der Waals surface area contributed by atoms with Crippen LogP contribution in [0.4, 0.5) is 11.8 Å². The zero-order chi connectivity index (χ0) is 25.2. The number of rotatable bonds is 10. The predicted octanol–water partition coefficient (Wildman–Crippen LogP) is 2.86. The van der Waals surface area contributed by atoms with Crippen molar-refractivity contribution < 1.29 is 23.5 Å². The van der Waals surface area contributed by atoms with Gasteiger partial charge in [-0.05, 0) is 25.5 Å². The van der Waals surface area contributed by atoms with E-state index in [1.165, 1.54) is 6.92 Å². The van der Waals surface area contributed by atoms with E-state index in [0.717, 1.165) is 0 Å². The molecule has 1 unspecified atom stereocenters. The second-order valence-electron chi connectivity index (χ2n) is 8.46. The number of nitrogens with one attached hydrogen (secondary N) is 1. The number of aliphatic carboxylic acids is 1. The molecule has 12 nitrogen and oxygen atoms in total. The summed E-state index contributed by atoms with van der Waals surface area (Å²) >= 11 is 0. The Morgan fingerprint density at radius 1 is 1.31 bits per heavy atom. The Bertz CT molecular complexity index is 1280. The predicted molar refractivity (Wildman–Crippen MR) is 131 cm³/mol. The minimum Gasteiger partial charge on any atom is -0.480 e. The van der Waals surface area contributed by atoms with E-state index < -0.39 is 19.8 Å². The van der Waals surface area contributed by atoms with Crippen LogP contribution < -0.4 is 20.2 Å². The van der Waals surface area contributed by atoms with Crippen LogP contribution in [-0.4, -0.2) is 57.3 Å². The fourth-order valence-corrected chi connectivity index (χ4v) is 5.30. The smallest absolute Gasteiger partial charge is 0.459 e. The molecule has 0 saturated heterocycles. The molecule has 0 saturated carbocycles. The average molecular weight is 501 g/mol. The van der Waals surface area contributed by atoms with E-state index in [1.807, 2.05) is 35.7 Å². The highest BCUT2D eigenvalue weighted by atomic mass is 31.2. The summed E-state index contributed by atoms with van der Waals surface area (Å²) in [5.41, 5.74) is 7.18. The number of aromatic nitrogens is 4. The lowest BCUT2D eigenvalue weighted by molar-refractivity contribution is -0.138. The fraction of sp³-hybridized carbons (Fsp3) is 0.364. The molecule has 4 atom stereocenters. The van der Waals surface area contributed by atoms with Gasteiger partial charge in [0.2, 0.25) is 5.95 Å². The number of nitrogens with two attached hydrogens (primary N) is 1. The number of allylic oxidation sites excluding steroid dienone is 1. The molecule has 2 heterocycles. The Kier molecular flexibility index (Phi) is 7.06. The number of carboxylic acids is 1. The van der Waals surface area contributed by atoms with Crippen LogP contribution in [0, 0.1) is 5.92 Å². The zero-order valence-electron chi connectivity index (χ0n) is 19.6.